The normalized spacial score (nSPS) is 11.1. The first kappa shape index (κ1) is 14.4. The molecule has 0 atom stereocenters. The highest BCUT2D eigenvalue weighted by Crippen LogP contribution is 2.36. The van der Waals surface area contributed by atoms with Gasteiger partial charge in [-0.2, -0.15) is 0 Å². The third-order valence-electron chi connectivity index (χ3n) is 2.39. The van der Waals surface area contributed by atoms with Crippen molar-refractivity contribution < 1.29 is 14.7 Å². The third-order valence-corrected chi connectivity index (χ3v) is 3.49. The number of oxime groups is 1. The molecule has 18 heavy (non-hydrogen) atoms. The summed E-state index contributed by atoms with van der Waals surface area (Å²) in [6.45, 7) is 0. The number of nitrogens with zero attached hydrogens (tertiary/aromatic N) is 1. The van der Waals surface area contributed by atoms with Crippen LogP contribution in [0.5, 0.6) is 11.5 Å². The summed E-state index contributed by atoms with van der Waals surface area (Å²) >= 11 is 1.41. The summed E-state index contributed by atoms with van der Waals surface area (Å²) in [6.07, 6.45) is 0. The van der Waals surface area contributed by atoms with Gasteiger partial charge in [0.2, 0.25) is 0 Å². The molecule has 0 radical (unpaired) electrons. The summed E-state index contributed by atoms with van der Waals surface area (Å²) in [6, 6.07) is 5.51. The van der Waals surface area contributed by atoms with Crippen LogP contribution in [0.4, 0.5) is 0 Å². The summed E-state index contributed by atoms with van der Waals surface area (Å²) < 4.78 is 11.4. The van der Waals surface area contributed by atoms with Crippen LogP contribution >= 0.6 is 23.7 Å². The van der Waals surface area contributed by atoms with Crippen molar-refractivity contribution in [2.24, 2.45) is 10.9 Å². The molecule has 0 saturated carbocycles. The highest BCUT2D eigenvalue weighted by Gasteiger charge is 2.11. The van der Waals surface area contributed by atoms with Gasteiger partial charge < -0.3 is 20.4 Å². The maximum atomic E-state index is 8.65. The van der Waals surface area contributed by atoms with Gasteiger partial charge in [0.05, 0.1) is 19.1 Å². The number of hydrogen-bond donors (Lipinski definition) is 2. The Labute approximate surface area is 114 Å². The number of benzene rings is 1. The van der Waals surface area contributed by atoms with Crippen LogP contribution in [0.1, 0.15) is 4.88 Å². The number of halogens is 1. The predicted octanol–water partition coefficient (Wildman–Crippen LogP) is 2.43. The Morgan fingerprint density at radius 1 is 1.28 bits per heavy atom. The first-order chi connectivity index (χ1) is 8.19. The second kappa shape index (κ2) is 5.79. The smallest absolute Gasteiger partial charge is 0.180 e. The molecule has 0 amide bonds. The molecule has 1 aromatic carbocycles. The Hall–Kier alpha value is -1.66. The summed E-state index contributed by atoms with van der Waals surface area (Å²) in [5, 5.41) is 12.6. The fourth-order valence-electron chi connectivity index (χ4n) is 1.54. The van der Waals surface area contributed by atoms with Crippen LogP contribution in [0.15, 0.2) is 23.4 Å². The molecule has 0 aliphatic rings. The average molecular weight is 289 g/mol. The quantitative estimate of drug-likeness (QED) is 0.394. The fraction of sp³-hybridized carbons (Fsp3) is 0.182. The molecule has 5 nitrogen and oxygen atoms in total. The lowest BCUT2D eigenvalue weighted by Crippen LogP contribution is -2.10. The molecule has 0 aliphatic heterocycles. The number of rotatable bonds is 3. The minimum Gasteiger partial charge on any atom is -0.497 e. The summed E-state index contributed by atoms with van der Waals surface area (Å²) in [5.74, 6) is 1.50. The molecule has 0 bridgehead atoms. The summed E-state index contributed by atoms with van der Waals surface area (Å²) in [5.41, 5.74) is 5.56. The van der Waals surface area contributed by atoms with Gasteiger partial charge in [-0.3, -0.25) is 0 Å². The standard InChI is InChI=1S/C11H12N2O3S.ClH/c1-15-6-3-8(16-2)7-5-10(11(12)13-14)17-9(7)4-6;/h3-5,14H,1-2H3,(H2,12,13);1H. The van der Waals surface area contributed by atoms with E-state index in [4.69, 9.17) is 20.4 Å². The largest absolute Gasteiger partial charge is 0.497 e. The summed E-state index contributed by atoms with van der Waals surface area (Å²) in [7, 11) is 3.19. The third kappa shape index (κ3) is 2.44. The maximum Gasteiger partial charge on any atom is 0.180 e. The molecule has 0 fully saturated rings. The number of thiophene rings is 1. The number of fused-ring (bicyclic) bond motifs is 1. The molecule has 3 N–H and O–H groups in total. The Morgan fingerprint density at radius 3 is 2.56 bits per heavy atom. The zero-order valence-corrected chi connectivity index (χ0v) is 11.5. The van der Waals surface area contributed by atoms with Crippen molar-refractivity contribution in [2.75, 3.05) is 14.2 Å². The van der Waals surface area contributed by atoms with E-state index in [9.17, 15) is 0 Å². The van der Waals surface area contributed by atoms with Gasteiger partial charge in [-0.25, -0.2) is 0 Å². The van der Waals surface area contributed by atoms with Gasteiger partial charge in [-0.1, -0.05) is 5.16 Å². The van der Waals surface area contributed by atoms with Crippen molar-refractivity contribution in [3.63, 3.8) is 0 Å². The van der Waals surface area contributed by atoms with Gasteiger partial charge in [0, 0.05) is 16.2 Å². The minimum atomic E-state index is 0. The maximum absolute atomic E-state index is 8.65. The molecular formula is C11H13ClN2O3S. The summed E-state index contributed by atoms with van der Waals surface area (Å²) in [4.78, 5) is 0.689. The van der Waals surface area contributed by atoms with Crippen LogP contribution < -0.4 is 15.2 Å². The molecular weight excluding hydrogens is 276 g/mol. The molecule has 0 spiro atoms. The van der Waals surface area contributed by atoms with Crippen LogP contribution in [-0.4, -0.2) is 25.3 Å². The van der Waals surface area contributed by atoms with E-state index in [1.54, 1.807) is 20.3 Å². The van der Waals surface area contributed by atoms with Crippen LogP contribution in [0.2, 0.25) is 0 Å². The average Bonchev–Trinajstić information content (AvgIpc) is 2.80. The van der Waals surface area contributed by atoms with E-state index in [1.807, 2.05) is 12.1 Å². The lowest BCUT2D eigenvalue weighted by molar-refractivity contribution is 0.319. The number of nitrogens with two attached hydrogens (primary N) is 1. The lowest BCUT2D eigenvalue weighted by atomic mass is 10.2. The zero-order chi connectivity index (χ0) is 12.4. The monoisotopic (exact) mass is 288 g/mol. The highest BCUT2D eigenvalue weighted by molar-refractivity contribution is 7.21. The molecule has 0 aliphatic carbocycles. The van der Waals surface area contributed by atoms with Crippen LogP contribution in [0.3, 0.4) is 0 Å². The topological polar surface area (TPSA) is 77.1 Å². The Bertz CT molecular complexity index is 583. The lowest BCUT2D eigenvalue weighted by Gasteiger charge is -2.04. The first-order valence-electron chi connectivity index (χ1n) is 4.83. The number of ether oxygens (including phenoxy) is 2. The van der Waals surface area contributed by atoms with Crippen molar-refractivity contribution in [1.29, 1.82) is 0 Å². The number of hydrogen-bond acceptors (Lipinski definition) is 5. The Balaban J connectivity index is 0.00000162. The predicted molar refractivity (Wildman–Crippen MR) is 74.7 cm³/mol. The van der Waals surface area contributed by atoms with E-state index in [-0.39, 0.29) is 18.2 Å². The molecule has 1 heterocycles. The van der Waals surface area contributed by atoms with E-state index < -0.39 is 0 Å². The van der Waals surface area contributed by atoms with Gasteiger partial charge in [-0.15, -0.1) is 23.7 Å². The van der Waals surface area contributed by atoms with Crippen molar-refractivity contribution in [1.82, 2.24) is 0 Å². The van der Waals surface area contributed by atoms with E-state index >= 15 is 0 Å². The van der Waals surface area contributed by atoms with Crippen molar-refractivity contribution in [2.45, 2.75) is 0 Å². The van der Waals surface area contributed by atoms with Gasteiger partial charge >= 0.3 is 0 Å². The van der Waals surface area contributed by atoms with Gasteiger partial charge in [0.1, 0.15) is 11.5 Å². The van der Waals surface area contributed by atoms with Gasteiger partial charge in [-0.05, 0) is 12.1 Å². The molecule has 0 unspecified atom stereocenters. The molecule has 7 heteroatoms. The Kier molecular flexibility index (Phi) is 4.63. The van der Waals surface area contributed by atoms with Crippen molar-refractivity contribution >= 4 is 39.7 Å². The van der Waals surface area contributed by atoms with E-state index in [0.29, 0.717) is 16.4 Å². The van der Waals surface area contributed by atoms with E-state index in [2.05, 4.69) is 5.16 Å². The first-order valence-corrected chi connectivity index (χ1v) is 5.64. The van der Waals surface area contributed by atoms with E-state index in [0.717, 1.165) is 10.1 Å². The number of methoxy groups -OCH3 is 2. The second-order valence-corrected chi connectivity index (χ2v) is 4.42. The van der Waals surface area contributed by atoms with Crippen LogP contribution in [0, 0.1) is 0 Å². The SMILES string of the molecule is COc1cc(OC)c2cc(C(N)=NO)sc2c1.Cl. The van der Waals surface area contributed by atoms with Crippen molar-refractivity contribution in [3.05, 3.63) is 23.1 Å². The minimum absolute atomic E-state index is 0. The van der Waals surface area contributed by atoms with Crippen LogP contribution in [-0.2, 0) is 0 Å². The zero-order valence-electron chi connectivity index (χ0n) is 9.84. The highest BCUT2D eigenvalue weighted by atomic mass is 35.5. The number of amidine groups is 1. The van der Waals surface area contributed by atoms with Crippen LogP contribution in [0.25, 0.3) is 10.1 Å². The molecule has 98 valence electrons. The molecule has 1 aromatic heterocycles. The molecule has 2 rings (SSSR count). The molecule has 2 aromatic rings. The molecule has 0 saturated heterocycles. The van der Waals surface area contributed by atoms with Crippen molar-refractivity contribution in [3.8, 4) is 11.5 Å². The Morgan fingerprint density at radius 2 is 2.00 bits per heavy atom. The fourth-order valence-corrected chi connectivity index (χ4v) is 2.55. The second-order valence-electron chi connectivity index (χ2n) is 3.34. The van der Waals surface area contributed by atoms with E-state index in [1.165, 1.54) is 11.3 Å². The van der Waals surface area contributed by atoms with Gasteiger partial charge in [0.15, 0.2) is 5.84 Å². The van der Waals surface area contributed by atoms with Gasteiger partial charge in [0.25, 0.3) is 0 Å².